The van der Waals surface area contributed by atoms with E-state index in [0.717, 1.165) is 12.5 Å². The average molecular weight is 346 g/mol. The lowest BCUT2D eigenvalue weighted by molar-refractivity contribution is 0.0696. The van der Waals surface area contributed by atoms with Gasteiger partial charge in [0.1, 0.15) is 0 Å². The molecule has 122 valence electrons. The first-order valence-corrected chi connectivity index (χ1v) is 8.98. The summed E-state index contributed by atoms with van der Waals surface area (Å²) in [6, 6.07) is 2.59. The van der Waals surface area contributed by atoms with Crippen molar-refractivity contribution in [1.29, 1.82) is 0 Å². The molecule has 1 saturated heterocycles. The molecule has 0 saturated carbocycles. The highest BCUT2D eigenvalue weighted by Crippen LogP contribution is 2.30. The first kappa shape index (κ1) is 17.2. The predicted octanol–water partition coefficient (Wildman–Crippen LogP) is 3.01. The van der Waals surface area contributed by atoms with Gasteiger partial charge in [0.05, 0.1) is 15.5 Å². The van der Waals surface area contributed by atoms with Gasteiger partial charge in [0.15, 0.2) is 0 Å². The van der Waals surface area contributed by atoms with Crippen molar-refractivity contribution in [2.45, 2.75) is 32.1 Å². The number of sulfonamides is 1. The topological polar surface area (TPSA) is 74.7 Å². The quantitative estimate of drug-likeness (QED) is 0.913. The number of hydrogen-bond acceptors (Lipinski definition) is 3. The summed E-state index contributed by atoms with van der Waals surface area (Å²) in [5.74, 6) is -0.665. The van der Waals surface area contributed by atoms with Crippen molar-refractivity contribution in [3.63, 3.8) is 0 Å². The molecule has 1 aromatic carbocycles. The van der Waals surface area contributed by atoms with Crippen LogP contribution in [0.1, 0.15) is 36.2 Å². The van der Waals surface area contributed by atoms with Gasteiger partial charge in [-0.25, -0.2) is 13.2 Å². The number of rotatable bonds is 3. The summed E-state index contributed by atoms with van der Waals surface area (Å²) in [6.45, 7) is 6.56. The standard InChI is InChI=1S/C15H20ClNO4S/c1-9-4-10(2)8-17(7-9)22(20,21)12-5-11(3)14(16)13(6-12)15(18)19/h5-6,9-10H,4,7-8H2,1-3H3,(H,18,19). The Hall–Kier alpha value is -1.11. The van der Waals surface area contributed by atoms with Crippen LogP contribution in [0.4, 0.5) is 0 Å². The normalized spacial score (nSPS) is 23.5. The van der Waals surface area contributed by atoms with Crippen molar-refractivity contribution >= 4 is 27.6 Å². The zero-order chi connectivity index (χ0) is 16.7. The number of aromatic carboxylic acids is 1. The molecule has 2 unspecified atom stereocenters. The van der Waals surface area contributed by atoms with Gasteiger partial charge in [-0.3, -0.25) is 0 Å². The smallest absolute Gasteiger partial charge is 0.337 e. The third-order valence-electron chi connectivity index (χ3n) is 3.93. The van der Waals surface area contributed by atoms with Gasteiger partial charge >= 0.3 is 5.97 Å². The molecule has 1 aromatic rings. The van der Waals surface area contributed by atoms with E-state index in [0.29, 0.717) is 18.7 Å². The highest BCUT2D eigenvalue weighted by atomic mass is 35.5. The Bertz CT molecular complexity index is 692. The van der Waals surface area contributed by atoms with Gasteiger partial charge in [-0.05, 0) is 42.9 Å². The molecule has 1 aliphatic rings. The fraction of sp³-hybridized carbons (Fsp3) is 0.533. The lowest BCUT2D eigenvalue weighted by Gasteiger charge is -2.34. The molecule has 2 rings (SSSR count). The number of carbonyl (C=O) groups is 1. The summed E-state index contributed by atoms with van der Waals surface area (Å²) in [6.07, 6.45) is 0.992. The first-order valence-electron chi connectivity index (χ1n) is 7.16. The van der Waals surface area contributed by atoms with Crippen molar-refractivity contribution < 1.29 is 18.3 Å². The van der Waals surface area contributed by atoms with E-state index in [1.54, 1.807) is 6.92 Å². The van der Waals surface area contributed by atoms with Gasteiger partial charge in [-0.2, -0.15) is 4.31 Å². The number of hydrogen-bond donors (Lipinski definition) is 1. The highest BCUT2D eigenvalue weighted by Gasteiger charge is 2.32. The average Bonchev–Trinajstić information content (AvgIpc) is 2.40. The molecule has 0 bridgehead atoms. The Morgan fingerprint density at radius 3 is 2.32 bits per heavy atom. The van der Waals surface area contributed by atoms with Crippen molar-refractivity contribution in [2.75, 3.05) is 13.1 Å². The van der Waals surface area contributed by atoms with Crippen molar-refractivity contribution in [3.05, 3.63) is 28.3 Å². The van der Waals surface area contributed by atoms with Crippen molar-refractivity contribution in [1.82, 2.24) is 4.31 Å². The van der Waals surface area contributed by atoms with Crippen molar-refractivity contribution in [2.24, 2.45) is 11.8 Å². The number of nitrogens with zero attached hydrogens (tertiary/aromatic N) is 1. The van der Waals surface area contributed by atoms with E-state index >= 15 is 0 Å². The largest absolute Gasteiger partial charge is 0.478 e. The van der Waals surface area contributed by atoms with E-state index in [1.165, 1.54) is 10.4 Å². The van der Waals surface area contributed by atoms with Crippen LogP contribution in [-0.2, 0) is 10.0 Å². The van der Waals surface area contributed by atoms with Gasteiger partial charge in [-0.1, -0.05) is 25.4 Å². The molecule has 0 radical (unpaired) electrons. The molecular formula is C15H20ClNO4S. The van der Waals surface area contributed by atoms with E-state index in [4.69, 9.17) is 11.6 Å². The molecule has 7 heteroatoms. The fourth-order valence-corrected chi connectivity index (χ4v) is 4.97. The van der Waals surface area contributed by atoms with E-state index in [9.17, 15) is 18.3 Å². The summed E-state index contributed by atoms with van der Waals surface area (Å²) in [5, 5.41) is 9.26. The van der Waals surface area contributed by atoms with E-state index in [-0.39, 0.29) is 27.3 Å². The van der Waals surface area contributed by atoms with Gasteiger partial charge in [-0.15, -0.1) is 0 Å². The maximum Gasteiger partial charge on any atom is 0.337 e. The molecule has 2 atom stereocenters. The maximum atomic E-state index is 12.8. The van der Waals surface area contributed by atoms with Gasteiger partial charge in [0.25, 0.3) is 0 Å². The van der Waals surface area contributed by atoms with Crippen LogP contribution < -0.4 is 0 Å². The second-order valence-electron chi connectivity index (χ2n) is 6.17. The molecule has 0 aromatic heterocycles. The van der Waals surface area contributed by atoms with Crippen LogP contribution in [0.3, 0.4) is 0 Å². The molecule has 1 fully saturated rings. The van der Waals surface area contributed by atoms with Gasteiger partial charge < -0.3 is 5.11 Å². The second-order valence-corrected chi connectivity index (χ2v) is 8.49. The minimum Gasteiger partial charge on any atom is -0.478 e. The summed E-state index contributed by atoms with van der Waals surface area (Å²) < 4.78 is 27.1. The summed E-state index contributed by atoms with van der Waals surface area (Å²) in [7, 11) is -3.71. The SMILES string of the molecule is Cc1cc(S(=O)(=O)N2CC(C)CC(C)C2)cc(C(=O)O)c1Cl. The molecule has 5 nitrogen and oxygen atoms in total. The van der Waals surface area contributed by atoms with E-state index in [1.807, 2.05) is 13.8 Å². The van der Waals surface area contributed by atoms with Crippen LogP contribution in [0.25, 0.3) is 0 Å². The van der Waals surface area contributed by atoms with Crippen LogP contribution >= 0.6 is 11.6 Å². The van der Waals surface area contributed by atoms with E-state index < -0.39 is 16.0 Å². The lowest BCUT2D eigenvalue weighted by Crippen LogP contribution is -2.42. The highest BCUT2D eigenvalue weighted by molar-refractivity contribution is 7.89. The van der Waals surface area contributed by atoms with Crippen LogP contribution in [0.2, 0.25) is 5.02 Å². The molecule has 22 heavy (non-hydrogen) atoms. The Morgan fingerprint density at radius 2 is 1.82 bits per heavy atom. The van der Waals surface area contributed by atoms with Crippen LogP contribution in [-0.4, -0.2) is 36.9 Å². The monoisotopic (exact) mass is 345 g/mol. The second kappa shape index (κ2) is 6.18. The van der Waals surface area contributed by atoms with Gasteiger partial charge in [0.2, 0.25) is 10.0 Å². The number of carboxylic acids is 1. The molecule has 0 spiro atoms. The molecule has 1 aliphatic heterocycles. The lowest BCUT2D eigenvalue weighted by atomic mass is 9.94. The molecule has 0 aliphatic carbocycles. The fourth-order valence-electron chi connectivity index (χ4n) is 2.99. The summed E-state index contributed by atoms with van der Waals surface area (Å²) in [4.78, 5) is 11.2. The molecular weight excluding hydrogens is 326 g/mol. The maximum absolute atomic E-state index is 12.8. The Morgan fingerprint density at radius 1 is 1.27 bits per heavy atom. The zero-order valence-electron chi connectivity index (χ0n) is 12.8. The number of halogens is 1. The first-order chi connectivity index (χ1) is 10.1. The number of aryl methyl sites for hydroxylation is 1. The number of carboxylic acid groups (broad SMARTS) is 1. The van der Waals surface area contributed by atoms with Crippen LogP contribution in [0, 0.1) is 18.8 Å². The van der Waals surface area contributed by atoms with E-state index in [2.05, 4.69) is 0 Å². The van der Waals surface area contributed by atoms with Crippen LogP contribution in [0.5, 0.6) is 0 Å². The summed E-state index contributed by atoms with van der Waals surface area (Å²) >= 11 is 5.95. The number of benzene rings is 1. The Labute approximate surface area is 135 Å². The Balaban J connectivity index is 2.48. The van der Waals surface area contributed by atoms with Gasteiger partial charge in [0, 0.05) is 13.1 Å². The predicted molar refractivity (Wildman–Crippen MR) is 84.9 cm³/mol. The third kappa shape index (κ3) is 3.29. The minimum atomic E-state index is -3.71. The van der Waals surface area contributed by atoms with Crippen LogP contribution in [0.15, 0.2) is 17.0 Å². The Kier molecular flexibility index (Phi) is 4.84. The molecule has 1 heterocycles. The third-order valence-corrected chi connectivity index (χ3v) is 6.24. The molecule has 0 amide bonds. The zero-order valence-corrected chi connectivity index (χ0v) is 14.4. The number of piperidine rings is 1. The van der Waals surface area contributed by atoms with Crippen molar-refractivity contribution in [3.8, 4) is 0 Å². The summed E-state index contributed by atoms with van der Waals surface area (Å²) in [5.41, 5.74) is 0.261. The molecule has 1 N–H and O–H groups in total. The minimum absolute atomic E-state index is 0.00639.